The Balaban J connectivity index is -0.000000549. The van der Waals surface area contributed by atoms with Crippen LogP contribution in [0.5, 0.6) is 0 Å². The molecule has 24 nitrogen and oxygen atoms in total. The highest BCUT2D eigenvalue weighted by atomic mass is 16.5. The van der Waals surface area contributed by atoms with Crippen molar-refractivity contribution in [3.8, 4) is 0 Å². The molecule has 1 rings (SSSR count). The molecule has 0 aliphatic rings. The van der Waals surface area contributed by atoms with Crippen LogP contribution in [0.25, 0.3) is 0 Å². The lowest BCUT2D eigenvalue weighted by Crippen LogP contribution is -2.44. The zero-order valence-corrected chi connectivity index (χ0v) is 47.0. The van der Waals surface area contributed by atoms with Crippen molar-refractivity contribution in [3.63, 3.8) is 0 Å². The van der Waals surface area contributed by atoms with Crippen LogP contribution in [-0.2, 0) is 68.5 Å². The van der Waals surface area contributed by atoms with Gasteiger partial charge in [-0.2, -0.15) is 5.48 Å². The van der Waals surface area contributed by atoms with Crippen LogP contribution in [0.1, 0.15) is 168 Å². The predicted octanol–water partition coefficient (Wildman–Crippen LogP) is 3.84. The van der Waals surface area contributed by atoms with Crippen LogP contribution in [0, 0.1) is 0 Å². The molecule has 0 radical (unpaired) electrons. The molecule has 448 valence electrons. The summed E-state index contributed by atoms with van der Waals surface area (Å²) in [6, 6.07) is -0.555. The van der Waals surface area contributed by atoms with Crippen LogP contribution in [0.3, 0.4) is 0 Å². The van der Waals surface area contributed by atoms with Gasteiger partial charge in [0.25, 0.3) is 0 Å². The maximum absolute atomic E-state index is 11.9. The van der Waals surface area contributed by atoms with Crippen LogP contribution >= 0.6 is 0 Å². The van der Waals surface area contributed by atoms with Crippen molar-refractivity contribution in [1.29, 1.82) is 0 Å². The average molecular weight is 1110 g/mol. The molecule has 0 aromatic carbocycles. The number of carboxylic acids is 1. The van der Waals surface area contributed by atoms with E-state index in [1.807, 2.05) is 19.2 Å². The van der Waals surface area contributed by atoms with Crippen molar-refractivity contribution >= 4 is 55.4 Å². The Morgan fingerprint density at radius 3 is 1.62 bits per heavy atom. The summed E-state index contributed by atoms with van der Waals surface area (Å²) in [5.41, 5.74) is 2.02. The van der Waals surface area contributed by atoms with E-state index in [1.54, 1.807) is 26.4 Å². The van der Waals surface area contributed by atoms with Crippen molar-refractivity contribution in [3.05, 3.63) is 18.2 Å². The monoisotopic (exact) mass is 1100 g/mol. The largest absolute Gasteiger partial charge is 0.481 e. The second-order valence-electron chi connectivity index (χ2n) is 17.9. The molecular weight excluding hydrogens is 1000 g/mol. The number of nitrogens with zero attached hydrogens (tertiary/aromatic N) is 1. The maximum atomic E-state index is 11.9. The fourth-order valence-electron chi connectivity index (χ4n) is 6.59. The number of H-pyrrole nitrogens is 1. The van der Waals surface area contributed by atoms with Gasteiger partial charge in [0.05, 0.1) is 57.5 Å². The summed E-state index contributed by atoms with van der Waals surface area (Å²) < 4.78 is 20.8. The van der Waals surface area contributed by atoms with Gasteiger partial charge in [-0.05, 0) is 65.7 Å². The van der Waals surface area contributed by atoms with Crippen molar-refractivity contribution in [2.45, 2.75) is 180 Å². The Morgan fingerprint density at radius 1 is 0.623 bits per heavy atom. The SMILES string of the molecule is C=O.CC(C)(C=O)NC(=O)CCc1cnc[nH]1.CCOCCOCCNC(=O)CCCNC(=O)CCCCCCCCCCCCCCCCC(=O)O.CO.O=CNCCOCCOCC(=O)NCCCCC(C=O)NO. The van der Waals surface area contributed by atoms with Gasteiger partial charge in [-0.25, -0.2) is 4.98 Å². The Kier molecular flexibility index (Phi) is 64.3. The van der Waals surface area contributed by atoms with E-state index in [0.29, 0.717) is 143 Å². The molecule has 24 heteroatoms. The van der Waals surface area contributed by atoms with Gasteiger partial charge in [0.2, 0.25) is 30.0 Å². The van der Waals surface area contributed by atoms with Crippen molar-refractivity contribution in [2.24, 2.45) is 0 Å². The lowest BCUT2D eigenvalue weighted by Gasteiger charge is -2.18. The van der Waals surface area contributed by atoms with Crippen LogP contribution in [0.2, 0.25) is 0 Å². The number of carboxylic acid groups (broad SMARTS) is 1. The number of hydrogen-bond donors (Lipinski definition) is 10. The number of unbranched alkanes of at least 4 members (excludes halogenated alkanes) is 14. The molecular formula is C53H100N8O16. The lowest BCUT2D eigenvalue weighted by molar-refractivity contribution is -0.137. The molecule has 0 spiro atoms. The number of amides is 5. The second-order valence-corrected chi connectivity index (χ2v) is 17.9. The number of aliphatic hydroxyl groups is 1. The summed E-state index contributed by atoms with van der Waals surface area (Å²) in [4.78, 5) is 103. The first-order chi connectivity index (χ1) is 37.3. The van der Waals surface area contributed by atoms with E-state index >= 15 is 0 Å². The van der Waals surface area contributed by atoms with Gasteiger partial charge in [0.15, 0.2) is 0 Å². The van der Waals surface area contributed by atoms with E-state index in [1.165, 1.54) is 57.8 Å². The molecule has 0 saturated heterocycles. The Hall–Kier alpha value is -5.24. The van der Waals surface area contributed by atoms with E-state index in [-0.39, 0.29) is 30.2 Å². The third kappa shape index (κ3) is 65.0. The minimum atomic E-state index is -0.787. The van der Waals surface area contributed by atoms with E-state index < -0.39 is 17.6 Å². The molecule has 0 bridgehead atoms. The van der Waals surface area contributed by atoms with E-state index in [9.17, 15) is 38.4 Å². The number of hydrogen-bond acceptors (Lipinski definition) is 17. The van der Waals surface area contributed by atoms with E-state index in [0.717, 1.165) is 51.2 Å². The number of aromatic nitrogens is 2. The third-order valence-electron chi connectivity index (χ3n) is 10.7. The van der Waals surface area contributed by atoms with Gasteiger partial charge in [0, 0.05) is 77.5 Å². The molecule has 1 unspecified atom stereocenters. The van der Waals surface area contributed by atoms with Crippen LogP contribution in [0.4, 0.5) is 0 Å². The number of imidazole rings is 1. The van der Waals surface area contributed by atoms with Gasteiger partial charge in [-0.15, -0.1) is 0 Å². The molecule has 77 heavy (non-hydrogen) atoms. The number of aliphatic hydroxyl groups excluding tert-OH is 1. The van der Waals surface area contributed by atoms with Gasteiger partial charge in [-0.1, -0.05) is 77.0 Å². The normalized spacial score (nSPS) is 10.7. The van der Waals surface area contributed by atoms with E-state index in [2.05, 4.69) is 36.6 Å². The molecule has 1 heterocycles. The van der Waals surface area contributed by atoms with Gasteiger partial charge >= 0.3 is 5.97 Å². The second kappa shape index (κ2) is 63.3. The zero-order chi connectivity index (χ0) is 58.3. The smallest absolute Gasteiger partial charge is 0.303 e. The standard InChI is InChI=1S/C28H54N2O6.C13H25N3O6.C10H15N3O2.CH4O.CH2O/c1-2-35-24-25-36-23-22-30-27(32)19-17-21-29-26(31)18-15-13-11-9-7-5-3-4-6-8-10-12-14-16-20-28(33)34;17-9-12(16-20)3-1-2-4-15-13(19)10-22-8-7-21-6-5-14-11-18;1-10(2,6-14)13-9(15)4-3-8-5-11-7-12-8;2*1-2/h2-25H2,1H3,(H,29,31)(H,30,32)(H,33,34);9,11-12,16,20H,1-8,10H2,(H,14,18)(H,15,19);5-7H,3-4H2,1-2H3,(H,11,12)(H,13,15);2H,1H3;1H2. The first kappa shape index (κ1) is 78.3. The van der Waals surface area contributed by atoms with Crippen molar-refractivity contribution < 1.29 is 77.5 Å². The molecule has 0 aliphatic carbocycles. The number of carbonyl (C=O) groups is 9. The highest BCUT2D eigenvalue weighted by Crippen LogP contribution is 2.14. The summed E-state index contributed by atoms with van der Waals surface area (Å²) in [5.74, 6) is -0.961. The summed E-state index contributed by atoms with van der Waals surface area (Å²) in [6.07, 6.45) is 26.5. The van der Waals surface area contributed by atoms with Gasteiger partial charge in [-0.3, -0.25) is 28.8 Å². The highest BCUT2D eigenvalue weighted by Gasteiger charge is 2.18. The molecule has 1 aromatic rings. The fraction of sp³-hybridized carbons (Fsp3) is 0.774. The minimum absolute atomic E-state index is 0.0115. The predicted molar refractivity (Wildman–Crippen MR) is 292 cm³/mol. The number of aldehydes is 2. The number of hydroxylamine groups is 1. The Bertz CT molecular complexity index is 1530. The van der Waals surface area contributed by atoms with Crippen LogP contribution in [-0.4, -0.2) is 178 Å². The highest BCUT2D eigenvalue weighted by molar-refractivity contribution is 5.81. The third-order valence-corrected chi connectivity index (χ3v) is 10.7. The van der Waals surface area contributed by atoms with Gasteiger partial charge in [0.1, 0.15) is 26.0 Å². The number of nitrogens with one attached hydrogen (secondary N) is 7. The fourth-order valence-corrected chi connectivity index (χ4v) is 6.59. The number of aryl methyl sites for hydroxylation is 1. The quantitative estimate of drug-likeness (QED) is 0.0252. The topological polar surface area (TPSA) is 352 Å². The average Bonchev–Trinajstić information content (AvgIpc) is 3.96. The molecule has 0 aliphatic heterocycles. The minimum Gasteiger partial charge on any atom is -0.481 e. The number of aromatic amines is 1. The number of rotatable bonds is 49. The molecule has 0 fully saturated rings. The molecule has 1 aromatic heterocycles. The van der Waals surface area contributed by atoms with Gasteiger partial charge < -0.3 is 80.3 Å². The Labute approximate surface area is 458 Å². The maximum Gasteiger partial charge on any atom is 0.303 e. The molecule has 10 N–H and O–H groups in total. The number of carbonyl (C=O) groups excluding carboxylic acids is 8. The molecule has 5 amide bonds. The first-order valence-electron chi connectivity index (χ1n) is 27.2. The summed E-state index contributed by atoms with van der Waals surface area (Å²) >= 11 is 0. The summed E-state index contributed by atoms with van der Waals surface area (Å²) in [6.45, 7) is 12.5. The van der Waals surface area contributed by atoms with Crippen LogP contribution in [0.15, 0.2) is 12.5 Å². The summed E-state index contributed by atoms with van der Waals surface area (Å²) in [7, 11) is 1.00. The van der Waals surface area contributed by atoms with E-state index in [4.69, 9.17) is 39.2 Å². The number of ether oxygens (including phenoxy) is 4. The van der Waals surface area contributed by atoms with Crippen molar-refractivity contribution in [2.75, 3.05) is 86.1 Å². The van der Waals surface area contributed by atoms with Crippen LogP contribution < -0.4 is 32.1 Å². The zero-order valence-electron chi connectivity index (χ0n) is 47.0. The number of aliphatic carboxylic acids is 1. The lowest BCUT2D eigenvalue weighted by atomic mass is 10.0. The Morgan fingerprint density at radius 2 is 1.12 bits per heavy atom. The summed E-state index contributed by atoms with van der Waals surface area (Å²) in [5, 5.41) is 37.7. The van der Waals surface area contributed by atoms with Crippen molar-refractivity contribution in [1.82, 2.24) is 42.0 Å². The molecule has 1 atom stereocenters. The first-order valence-corrected chi connectivity index (χ1v) is 27.2. The molecule has 0 saturated carbocycles.